The maximum atomic E-state index is 13.0. The molecule has 0 fully saturated rings. The molecule has 0 N–H and O–H groups in total. The smallest absolute Gasteiger partial charge is 0.306 e. The van der Waals surface area contributed by atoms with Gasteiger partial charge in [0.1, 0.15) is 13.2 Å². The highest BCUT2D eigenvalue weighted by Gasteiger charge is 2.22. The normalized spacial score (nSPS) is 13.0. The molecular weight excluding hydrogens is 1250 g/mol. The third-order valence-electron chi connectivity index (χ3n) is 19.6. The topological polar surface area (TPSA) is 111 Å². The first-order valence-electron chi connectivity index (χ1n) is 43.7. The van der Waals surface area contributed by atoms with Crippen molar-refractivity contribution >= 4 is 17.9 Å². The number of carbonyl (C=O) groups excluding carboxylic acids is 3. The molecule has 101 heavy (non-hydrogen) atoms. The number of carboxylic acid groups (broad SMARTS) is 1. The molecule has 0 spiro atoms. The van der Waals surface area contributed by atoms with Crippen molar-refractivity contribution in [1.82, 2.24) is 0 Å². The first-order valence-corrected chi connectivity index (χ1v) is 43.7. The summed E-state index contributed by atoms with van der Waals surface area (Å²) in [7, 11) is 5.95. The lowest BCUT2D eigenvalue weighted by atomic mass is 10.0. The second-order valence-electron chi connectivity index (χ2n) is 30.8. The molecule has 588 valence electrons. The van der Waals surface area contributed by atoms with Crippen molar-refractivity contribution in [2.24, 2.45) is 0 Å². The first kappa shape index (κ1) is 97.5. The maximum Gasteiger partial charge on any atom is 0.306 e. The molecular formula is C92H167NO8. The largest absolute Gasteiger partial charge is 0.545 e. The van der Waals surface area contributed by atoms with E-state index in [1.807, 2.05) is 21.1 Å². The van der Waals surface area contributed by atoms with Gasteiger partial charge in [-0.3, -0.25) is 9.59 Å². The molecule has 0 aliphatic rings. The van der Waals surface area contributed by atoms with E-state index in [4.69, 9.17) is 18.9 Å². The fourth-order valence-electron chi connectivity index (χ4n) is 13.0. The molecule has 2 unspecified atom stereocenters. The maximum absolute atomic E-state index is 13.0. The van der Waals surface area contributed by atoms with Crippen LogP contribution in [0.5, 0.6) is 0 Å². The number of ether oxygens (including phenoxy) is 4. The fraction of sp³-hybridized carbons (Fsp3) is 0.815. The molecule has 0 aliphatic heterocycles. The summed E-state index contributed by atoms with van der Waals surface area (Å²) in [6, 6.07) is 0. The van der Waals surface area contributed by atoms with Crippen molar-refractivity contribution in [2.75, 3.05) is 47.5 Å². The van der Waals surface area contributed by atoms with Gasteiger partial charge in [0.25, 0.3) is 0 Å². The minimum atomic E-state index is -1.62. The summed E-state index contributed by atoms with van der Waals surface area (Å²) in [6.45, 7) is 4.70. The van der Waals surface area contributed by atoms with Crippen LogP contribution in [-0.4, -0.2) is 82.3 Å². The summed E-state index contributed by atoms with van der Waals surface area (Å²) in [5.41, 5.74) is 0. The van der Waals surface area contributed by atoms with Crippen LogP contribution in [0.25, 0.3) is 0 Å². The Morgan fingerprint density at radius 1 is 0.307 bits per heavy atom. The van der Waals surface area contributed by atoms with Crippen LogP contribution >= 0.6 is 0 Å². The van der Waals surface area contributed by atoms with Gasteiger partial charge in [-0.25, -0.2) is 0 Å². The summed E-state index contributed by atoms with van der Waals surface area (Å²) < 4.78 is 22.9. The van der Waals surface area contributed by atoms with Crippen LogP contribution in [0.15, 0.2) is 85.1 Å². The molecule has 0 saturated heterocycles. The molecule has 0 radical (unpaired) electrons. The van der Waals surface area contributed by atoms with E-state index in [0.717, 1.165) is 70.6 Å². The van der Waals surface area contributed by atoms with Gasteiger partial charge < -0.3 is 33.3 Å². The van der Waals surface area contributed by atoms with Gasteiger partial charge in [-0.05, 0) is 89.9 Å². The van der Waals surface area contributed by atoms with Crippen LogP contribution in [0.3, 0.4) is 0 Å². The Hall–Kier alpha value is -3.53. The number of quaternary nitrogens is 1. The zero-order valence-electron chi connectivity index (χ0n) is 67.5. The number of aliphatic carboxylic acids is 1. The molecule has 0 saturated carbocycles. The van der Waals surface area contributed by atoms with Crippen molar-refractivity contribution in [3.8, 4) is 0 Å². The van der Waals surface area contributed by atoms with Crippen molar-refractivity contribution in [1.29, 1.82) is 0 Å². The quantitative estimate of drug-likeness (QED) is 0.0195. The third kappa shape index (κ3) is 83.6. The molecule has 0 bridgehead atoms. The van der Waals surface area contributed by atoms with Gasteiger partial charge in [-0.15, -0.1) is 0 Å². The summed E-state index contributed by atoms with van der Waals surface area (Å²) in [5.74, 6) is -2.26. The Balaban J connectivity index is 3.93. The molecule has 9 nitrogen and oxygen atoms in total. The lowest BCUT2D eigenvalue weighted by Crippen LogP contribution is -2.44. The van der Waals surface area contributed by atoms with Gasteiger partial charge >= 0.3 is 11.9 Å². The molecule has 2 atom stereocenters. The van der Waals surface area contributed by atoms with Gasteiger partial charge in [0.15, 0.2) is 12.4 Å². The second-order valence-corrected chi connectivity index (χ2v) is 30.8. The lowest BCUT2D eigenvalue weighted by molar-refractivity contribution is -0.870. The highest BCUT2D eigenvalue weighted by atomic mass is 16.7. The van der Waals surface area contributed by atoms with E-state index in [-0.39, 0.29) is 32.2 Å². The summed E-state index contributed by atoms with van der Waals surface area (Å²) in [4.78, 5) is 37.7. The molecule has 0 heterocycles. The van der Waals surface area contributed by atoms with Gasteiger partial charge in [0.2, 0.25) is 0 Å². The zero-order chi connectivity index (χ0) is 73.2. The van der Waals surface area contributed by atoms with Crippen molar-refractivity contribution in [3.63, 3.8) is 0 Å². The Kier molecular flexibility index (Phi) is 79.3. The average molecular weight is 1420 g/mol. The van der Waals surface area contributed by atoms with E-state index in [9.17, 15) is 19.5 Å². The number of unbranched alkanes of at least 4 members (excludes halogenated alkanes) is 53. The van der Waals surface area contributed by atoms with E-state index in [2.05, 4.69) is 98.9 Å². The van der Waals surface area contributed by atoms with Crippen molar-refractivity contribution < 1.29 is 42.9 Å². The predicted molar refractivity (Wildman–Crippen MR) is 435 cm³/mol. The monoisotopic (exact) mass is 1410 g/mol. The predicted octanol–water partition coefficient (Wildman–Crippen LogP) is 27.2. The Labute approximate surface area is 627 Å². The third-order valence-corrected chi connectivity index (χ3v) is 19.6. The van der Waals surface area contributed by atoms with Crippen LogP contribution in [0.2, 0.25) is 0 Å². The van der Waals surface area contributed by atoms with Gasteiger partial charge in [-0.2, -0.15) is 0 Å². The Morgan fingerprint density at radius 3 is 0.851 bits per heavy atom. The average Bonchev–Trinajstić information content (AvgIpc) is 1.25. The highest BCUT2D eigenvalue weighted by Crippen LogP contribution is 2.20. The SMILES string of the molecule is CC/C=C\C/C=C\C/C=C\C/C=C\C/C=C\C/C=C\CCCCCCCCCCCCCCCCCCC(=O)OC(COC(=O)CCCCCCCCCCCCCCCCCCCCCCCCCCCCCCC/C=C\CCCCCCCCCC)COC(OCC[N+](C)(C)C)C(=O)[O-]. The molecule has 0 amide bonds. The minimum Gasteiger partial charge on any atom is -0.545 e. The number of likely N-dealkylation sites (N-methyl/N-ethyl adjacent to an activating group) is 1. The number of hydrogen-bond acceptors (Lipinski definition) is 8. The van der Waals surface area contributed by atoms with Crippen LogP contribution in [0.4, 0.5) is 0 Å². The van der Waals surface area contributed by atoms with E-state index in [1.54, 1.807) is 0 Å². The molecule has 0 aliphatic carbocycles. The van der Waals surface area contributed by atoms with E-state index in [1.165, 1.54) is 321 Å². The van der Waals surface area contributed by atoms with Crippen molar-refractivity contribution in [2.45, 2.75) is 437 Å². The summed E-state index contributed by atoms with van der Waals surface area (Å²) in [6.07, 6.45) is 110. The minimum absolute atomic E-state index is 0.148. The van der Waals surface area contributed by atoms with Crippen LogP contribution in [-0.2, 0) is 33.3 Å². The summed E-state index contributed by atoms with van der Waals surface area (Å²) >= 11 is 0. The second kappa shape index (κ2) is 82.1. The molecule has 0 rings (SSSR count). The number of esters is 2. The number of hydrogen-bond donors (Lipinski definition) is 0. The van der Waals surface area contributed by atoms with Gasteiger partial charge in [0, 0.05) is 12.8 Å². The molecule has 0 aromatic heterocycles. The summed E-state index contributed by atoms with van der Waals surface area (Å²) in [5, 5.41) is 11.9. The lowest BCUT2D eigenvalue weighted by Gasteiger charge is -2.26. The van der Waals surface area contributed by atoms with Crippen molar-refractivity contribution in [3.05, 3.63) is 85.1 Å². The van der Waals surface area contributed by atoms with Crippen LogP contribution in [0.1, 0.15) is 425 Å². The fourth-order valence-corrected chi connectivity index (χ4v) is 13.0. The highest BCUT2D eigenvalue weighted by molar-refractivity contribution is 5.70. The Bertz CT molecular complexity index is 1940. The molecule has 9 heteroatoms. The van der Waals surface area contributed by atoms with Crippen LogP contribution < -0.4 is 5.11 Å². The van der Waals surface area contributed by atoms with E-state index in [0.29, 0.717) is 23.9 Å². The standard InChI is InChI=1S/C92H167NO8/c1-6-8-10-12-14-16-18-20-22-24-26-28-30-32-34-36-38-40-42-43-44-45-46-47-49-50-52-54-56-58-60-62-64-66-68-70-72-74-76-78-80-82-89(94)99-86-88(87-100-92(91(96)97)98-85-84-93(3,4)5)101-90(95)83-81-79-77-75-73-71-69-67-65-63-61-59-57-55-53-51-48-41-39-37-35-33-31-29-27-25-23-21-19-17-15-13-11-9-7-2/h9,11,15,17,21,23-24,26-27,29,33,35,39,41,88,92H,6-8,10,12-14,16,18-20,22,25,28,30-32,34,36-38,40,42-87H2,1-5H3/b11-9-,17-15-,23-21-,26-24-,29-27-,35-33-,41-39-. The van der Waals surface area contributed by atoms with E-state index < -0.39 is 24.3 Å². The number of carbonyl (C=O) groups is 3. The number of allylic oxidation sites excluding steroid dienone is 14. The van der Waals surface area contributed by atoms with Gasteiger partial charge in [-0.1, -0.05) is 407 Å². The number of nitrogens with zero attached hydrogens (tertiary/aromatic N) is 1. The van der Waals surface area contributed by atoms with Gasteiger partial charge in [0.05, 0.1) is 40.3 Å². The van der Waals surface area contributed by atoms with E-state index >= 15 is 0 Å². The molecule has 0 aromatic rings. The number of carboxylic acids is 1. The Morgan fingerprint density at radius 2 is 0.564 bits per heavy atom. The first-order chi connectivity index (χ1) is 49.6. The zero-order valence-corrected chi connectivity index (χ0v) is 67.5. The number of rotatable bonds is 82. The molecule has 0 aromatic carbocycles. The van der Waals surface area contributed by atoms with Crippen LogP contribution in [0, 0.1) is 0 Å².